The molecule has 0 N–H and O–H groups in total. The van der Waals surface area contributed by atoms with Crippen LogP contribution in [0.2, 0.25) is 0 Å². The van der Waals surface area contributed by atoms with Gasteiger partial charge in [0.2, 0.25) is 0 Å². The van der Waals surface area contributed by atoms with E-state index in [0.717, 1.165) is 4.48 Å². The minimum absolute atomic E-state index is 0.998. The van der Waals surface area contributed by atoms with Gasteiger partial charge >= 0.3 is 62.1 Å². The van der Waals surface area contributed by atoms with E-state index >= 15 is 0 Å². The number of aliphatic imine (C=N–C) groups is 1. The molecule has 1 nitrogen and oxygen atoms in total. The second-order valence-electron chi connectivity index (χ2n) is 0.814. The summed E-state index contributed by atoms with van der Waals surface area (Å²) in [5, 5.41) is 0. The molecule has 0 heterocycles. The van der Waals surface area contributed by atoms with E-state index in [1.54, 1.807) is 6.20 Å². The number of allylic oxidation sites excluding steroid dienone is 1. The molecule has 0 fully saturated rings. The summed E-state index contributed by atoms with van der Waals surface area (Å²) in [5.74, 6) is 0. The first kappa shape index (κ1) is 7.45. The van der Waals surface area contributed by atoms with Gasteiger partial charge in [0, 0.05) is 0 Å². The summed E-state index contributed by atoms with van der Waals surface area (Å²) in [7, 11) is 0. The Bertz CT molecular complexity index is 108. The van der Waals surface area contributed by atoms with E-state index in [2.05, 4.69) is 27.6 Å². The summed E-state index contributed by atoms with van der Waals surface area (Å²) in [5.41, 5.74) is 0. The second kappa shape index (κ2) is 4.60. The molecule has 0 aliphatic heterocycles. The molecule has 0 radical (unpaired) electrons. The zero-order valence-corrected chi connectivity index (χ0v) is 8.11. The molecule has 0 saturated carbocycles. The molecule has 0 aliphatic carbocycles. The Labute approximate surface area is 62.1 Å². The molecular weight excluding hydrogens is 326 g/mol. The van der Waals surface area contributed by atoms with Crippen molar-refractivity contribution in [1.82, 2.24) is 0 Å². The molecule has 0 bridgehead atoms. The summed E-state index contributed by atoms with van der Waals surface area (Å²) in [4.78, 5) is 3.53. The number of halogens is 1. The van der Waals surface area contributed by atoms with E-state index in [0.29, 0.717) is 0 Å². The van der Waals surface area contributed by atoms with Crippen molar-refractivity contribution < 1.29 is 19.4 Å². The average Bonchev–Trinajstić information content (AvgIpc) is 1.68. The van der Waals surface area contributed by atoms with Gasteiger partial charge in [-0.25, -0.2) is 0 Å². The van der Waals surface area contributed by atoms with Gasteiger partial charge in [-0.1, -0.05) is 0 Å². The van der Waals surface area contributed by atoms with E-state index in [1.807, 2.05) is 4.40 Å². The van der Waals surface area contributed by atoms with Gasteiger partial charge in [-0.3, -0.25) is 0 Å². The molecule has 0 rings (SSSR count). The molecule has 0 saturated heterocycles. The molecule has 7 heavy (non-hydrogen) atoms. The zero-order chi connectivity index (χ0) is 5.70. The molecule has 38 valence electrons. The maximum atomic E-state index is 3.53. The van der Waals surface area contributed by atoms with Gasteiger partial charge in [0.25, 0.3) is 0 Å². The van der Waals surface area contributed by atoms with Gasteiger partial charge in [-0.2, -0.15) is 0 Å². The molecule has 0 aromatic rings. The molecule has 0 aromatic carbocycles. The third kappa shape index (κ3) is 4.30. The number of nitrogens with zero attached hydrogens (tertiary/aromatic N) is 1. The van der Waals surface area contributed by atoms with Crippen LogP contribution >= 0.6 is 15.9 Å². The van der Waals surface area contributed by atoms with Gasteiger partial charge in [0.05, 0.1) is 0 Å². The molecular formula is C4H4BrNW. The fraction of sp³-hybridized carbons (Fsp3) is 0. The average molecular weight is 330 g/mol. The van der Waals surface area contributed by atoms with E-state index in [-0.39, 0.29) is 0 Å². The van der Waals surface area contributed by atoms with Crippen LogP contribution in [0.15, 0.2) is 15.7 Å². The van der Waals surface area contributed by atoms with Crippen LogP contribution in [0.5, 0.6) is 0 Å². The van der Waals surface area contributed by atoms with Crippen LogP contribution in [0, 0.1) is 0 Å². The normalized spacial score (nSPS) is 10.7. The monoisotopic (exact) mass is 329 g/mol. The quantitative estimate of drug-likeness (QED) is 0.677. The van der Waals surface area contributed by atoms with Crippen LogP contribution in [0.25, 0.3) is 0 Å². The number of hydrogen-bond donors (Lipinski definition) is 0. The summed E-state index contributed by atoms with van der Waals surface area (Å²) < 4.78 is 2.98. The van der Waals surface area contributed by atoms with Crippen LogP contribution in [-0.4, -0.2) is 11.1 Å². The number of rotatable bonds is 2. The minimum atomic E-state index is 0.998. The molecule has 0 unspecified atom stereocenters. The predicted octanol–water partition coefficient (Wildman–Crippen LogP) is 1.27. The third-order valence-electron chi connectivity index (χ3n) is 0.327. The van der Waals surface area contributed by atoms with Crippen LogP contribution < -0.4 is 0 Å². The van der Waals surface area contributed by atoms with Crippen molar-refractivity contribution in [3.8, 4) is 0 Å². The van der Waals surface area contributed by atoms with Crippen molar-refractivity contribution in [2.24, 2.45) is 4.99 Å². The fourth-order valence-corrected chi connectivity index (χ4v) is 0.481. The van der Waals surface area contributed by atoms with Crippen molar-refractivity contribution in [2.75, 3.05) is 0 Å². The fourth-order valence-electron chi connectivity index (χ4n) is 0.118. The summed E-state index contributed by atoms with van der Waals surface area (Å²) in [6.07, 6.45) is 1.66. The first-order chi connectivity index (χ1) is 3.31. The van der Waals surface area contributed by atoms with Crippen molar-refractivity contribution >= 4 is 27.0 Å². The standard InChI is InChI=1S/C4H4BrN.W/c1-4(5)3-6-2;/h1,3H,2H2;/b4-3+;. The first-order valence-electron chi connectivity index (χ1n) is 1.58. The Hall–Kier alpha value is 0.448. The molecule has 0 amide bonds. The van der Waals surface area contributed by atoms with Crippen LogP contribution in [0.3, 0.4) is 0 Å². The number of hydrogen-bond acceptors (Lipinski definition) is 1. The summed E-state index contributed by atoms with van der Waals surface area (Å²) in [6.45, 7) is 3.28. The Morgan fingerprint density at radius 3 is 2.57 bits per heavy atom. The summed E-state index contributed by atoms with van der Waals surface area (Å²) in [6, 6.07) is 0. The van der Waals surface area contributed by atoms with Gasteiger partial charge in [0.15, 0.2) is 0 Å². The van der Waals surface area contributed by atoms with Crippen LogP contribution in [-0.2, 0) is 19.4 Å². The van der Waals surface area contributed by atoms with E-state index in [1.165, 1.54) is 19.4 Å². The molecule has 0 aliphatic rings. The van der Waals surface area contributed by atoms with Crippen molar-refractivity contribution in [2.45, 2.75) is 0 Å². The van der Waals surface area contributed by atoms with E-state index < -0.39 is 0 Å². The van der Waals surface area contributed by atoms with Gasteiger partial charge in [-0.15, -0.1) is 0 Å². The first-order valence-corrected chi connectivity index (χ1v) is 4.06. The Kier molecular flexibility index (Phi) is 4.90. The van der Waals surface area contributed by atoms with Crippen LogP contribution in [0.1, 0.15) is 0 Å². The maximum absolute atomic E-state index is 3.53. The Balaban J connectivity index is 3.72. The SMILES string of the molecule is C=N/C=C(/Br)[CH]=[W]. The Morgan fingerprint density at radius 1 is 1.86 bits per heavy atom. The Morgan fingerprint density at radius 2 is 2.43 bits per heavy atom. The topological polar surface area (TPSA) is 12.4 Å². The molecule has 0 spiro atoms. The molecule has 0 aromatic heterocycles. The van der Waals surface area contributed by atoms with Gasteiger partial charge in [0.1, 0.15) is 0 Å². The predicted molar refractivity (Wildman–Crippen MR) is 32.6 cm³/mol. The molecule has 3 heteroatoms. The zero-order valence-electron chi connectivity index (χ0n) is 3.60. The van der Waals surface area contributed by atoms with Crippen molar-refractivity contribution in [1.29, 1.82) is 0 Å². The van der Waals surface area contributed by atoms with Gasteiger partial charge < -0.3 is 0 Å². The van der Waals surface area contributed by atoms with Crippen LogP contribution in [0.4, 0.5) is 0 Å². The van der Waals surface area contributed by atoms with Gasteiger partial charge in [-0.05, 0) is 0 Å². The third-order valence-corrected chi connectivity index (χ3v) is 2.87. The van der Waals surface area contributed by atoms with E-state index in [4.69, 9.17) is 0 Å². The molecule has 0 atom stereocenters. The van der Waals surface area contributed by atoms with Crippen molar-refractivity contribution in [3.63, 3.8) is 0 Å². The second-order valence-corrected chi connectivity index (χ2v) is 2.58. The summed E-state index contributed by atoms with van der Waals surface area (Å²) >= 11 is 4.63. The van der Waals surface area contributed by atoms with E-state index in [9.17, 15) is 0 Å². The van der Waals surface area contributed by atoms with Crippen molar-refractivity contribution in [3.05, 3.63) is 10.7 Å².